The molecule has 0 aromatic heterocycles. The third kappa shape index (κ3) is 6.24. The summed E-state index contributed by atoms with van der Waals surface area (Å²) in [5.74, 6) is 0.788. The van der Waals surface area contributed by atoms with Crippen LogP contribution >= 0.6 is 0 Å². The quantitative estimate of drug-likeness (QED) is 0.588. The lowest BCUT2D eigenvalue weighted by molar-refractivity contribution is -0.127. The van der Waals surface area contributed by atoms with Gasteiger partial charge in [-0.15, -0.1) is 0 Å². The van der Waals surface area contributed by atoms with E-state index in [1.807, 2.05) is 18.2 Å². The van der Waals surface area contributed by atoms with Gasteiger partial charge in [-0.2, -0.15) is 0 Å². The number of carbonyl (C=O) groups excluding carboxylic acids is 1. The van der Waals surface area contributed by atoms with Crippen LogP contribution in [0.2, 0.25) is 0 Å². The lowest BCUT2D eigenvalue weighted by Crippen LogP contribution is -2.46. The predicted molar refractivity (Wildman–Crippen MR) is 112 cm³/mol. The maximum atomic E-state index is 12.0. The van der Waals surface area contributed by atoms with E-state index in [0.717, 1.165) is 19.0 Å². The average molecular weight is 374 g/mol. The van der Waals surface area contributed by atoms with Crippen LogP contribution in [0.4, 0.5) is 0 Å². The van der Waals surface area contributed by atoms with Crippen LogP contribution in [0.5, 0.6) is 0 Å². The van der Waals surface area contributed by atoms with Crippen molar-refractivity contribution in [3.05, 3.63) is 35.9 Å². The van der Waals surface area contributed by atoms with Gasteiger partial charge in [0.15, 0.2) is 5.96 Å². The van der Waals surface area contributed by atoms with Crippen molar-refractivity contribution in [3.63, 3.8) is 0 Å². The Kier molecular flexibility index (Phi) is 8.10. The summed E-state index contributed by atoms with van der Waals surface area (Å²) in [7, 11) is 5.59. The van der Waals surface area contributed by atoms with E-state index < -0.39 is 0 Å². The van der Waals surface area contributed by atoms with Gasteiger partial charge < -0.3 is 15.1 Å². The molecule has 1 aliphatic rings. The van der Waals surface area contributed by atoms with Crippen molar-refractivity contribution in [1.82, 2.24) is 20.0 Å². The standard InChI is InChI=1S/C21H35N5O/c1-6-26-14-10-13-19(26)16-25(5)21(22-15-20(27)24(3)4)23-17(2)18-11-8-7-9-12-18/h7-9,11-12,17,19H,6,10,13-16H2,1-5H3,(H,22,23). The van der Waals surface area contributed by atoms with Crippen LogP contribution in [0, 0.1) is 0 Å². The topological polar surface area (TPSA) is 51.2 Å². The zero-order chi connectivity index (χ0) is 19.8. The lowest BCUT2D eigenvalue weighted by atomic mass is 10.1. The lowest BCUT2D eigenvalue weighted by Gasteiger charge is -2.31. The number of guanidine groups is 1. The fraction of sp³-hybridized carbons (Fsp3) is 0.619. The second-order valence-corrected chi connectivity index (χ2v) is 7.51. The summed E-state index contributed by atoms with van der Waals surface area (Å²) in [6.45, 7) is 7.67. The molecule has 1 aromatic carbocycles. The molecule has 0 radical (unpaired) electrons. The highest BCUT2D eigenvalue weighted by molar-refractivity contribution is 5.85. The Morgan fingerprint density at radius 1 is 1.30 bits per heavy atom. The largest absolute Gasteiger partial charge is 0.350 e. The molecule has 6 heteroatoms. The number of nitrogens with zero attached hydrogens (tertiary/aromatic N) is 4. The predicted octanol–water partition coefficient (Wildman–Crippen LogP) is 2.20. The minimum absolute atomic E-state index is 0.00566. The van der Waals surface area contributed by atoms with Gasteiger partial charge >= 0.3 is 0 Å². The molecule has 1 aliphatic heterocycles. The number of amides is 1. The van der Waals surface area contributed by atoms with Gasteiger partial charge in [-0.25, -0.2) is 4.99 Å². The number of benzene rings is 1. The van der Waals surface area contributed by atoms with E-state index in [2.05, 4.69) is 53.1 Å². The van der Waals surface area contributed by atoms with E-state index in [1.165, 1.54) is 24.9 Å². The van der Waals surface area contributed by atoms with E-state index in [1.54, 1.807) is 19.0 Å². The normalized spacial score (nSPS) is 19.0. The number of likely N-dealkylation sites (tertiary alicyclic amines) is 1. The van der Waals surface area contributed by atoms with E-state index in [0.29, 0.717) is 6.04 Å². The maximum Gasteiger partial charge on any atom is 0.243 e. The highest BCUT2D eigenvalue weighted by Crippen LogP contribution is 2.18. The van der Waals surface area contributed by atoms with Crippen LogP contribution in [0.15, 0.2) is 35.3 Å². The SMILES string of the molecule is CCN1CCCC1CN(C)C(=NCC(=O)N(C)C)NC(C)c1ccccc1. The van der Waals surface area contributed by atoms with Crippen molar-refractivity contribution in [3.8, 4) is 0 Å². The summed E-state index contributed by atoms with van der Waals surface area (Å²) in [5.41, 5.74) is 1.20. The van der Waals surface area contributed by atoms with E-state index in [-0.39, 0.29) is 18.5 Å². The molecular weight excluding hydrogens is 338 g/mol. The molecule has 0 bridgehead atoms. The van der Waals surface area contributed by atoms with E-state index in [9.17, 15) is 4.79 Å². The van der Waals surface area contributed by atoms with Crippen LogP contribution in [0.1, 0.15) is 38.3 Å². The number of likely N-dealkylation sites (N-methyl/N-ethyl adjacent to an activating group) is 3. The van der Waals surface area contributed by atoms with Crippen molar-refractivity contribution < 1.29 is 4.79 Å². The van der Waals surface area contributed by atoms with E-state index >= 15 is 0 Å². The van der Waals surface area contributed by atoms with Gasteiger partial charge in [-0.3, -0.25) is 9.69 Å². The highest BCUT2D eigenvalue weighted by atomic mass is 16.2. The molecule has 1 saturated heterocycles. The first-order chi connectivity index (χ1) is 12.9. The molecule has 2 rings (SSSR count). The highest BCUT2D eigenvalue weighted by Gasteiger charge is 2.25. The Morgan fingerprint density at radius 2 is 2.00 bits per heavy atom. The molecule has 1 fully saturated rings. The summed E-state index contributed by atoms with van der Waals surface area (Å²) in [6, 6.07) is 11.0. The van der Waals surface area contributed by atoms with Gasteiger partial charge in [0.25, 0.3) is 0 Å². The van der Waals surface area contributed by atoms with Crippen LogP contribution < -0.4 is 5.32 Å². The van der Waals surface area contributed by atoms with Gasteiger partial charge in [-0.1, -0.05) is 37.3 Å². The summed E-state index contributed by atoms with van der Waals surface area (Å²) in [6.07, 6.45) is 2.47. The second-order valence-electron chi connectivity index (χ2n) is 7.51. The Balaban J connectivity index is 2.10. The van der Waals surface area contributed by atoms with Gasteiger partial charge in [0, 0.05) is 33.7 Å². The number of hydrogen-bond acceptors (Lipinski definition) is 3. The average Bonchev–Trinajstić information content (AvgIpc) is 3.12. The number of nitrogens with one attached hydrogen (secondary N) is 1. The van der Waals surface area contributed by atoms with Crippen molar-refractivity contribution in [2.45, 2.75) is 38.8 Å². The van der Waals surface area contributed by atoms with Crippen LogP contribution in [0.25, 0.3) is 0 Å². The first-order valence-electron chi connectivity index (χ1n) is 9.93. The fourth-order valence-electron chi connectivity index (χ4n) is 3.50. The van der Waals surface area contributed by atoms with Gasteiger partial charge in [0.1, 0.15) is 6.54 Å². The van der Waals surface area contributed by atoms with Gasteiger partial charge in [0.05, 0.1) is 6.04 Å². The number of hydrogen-bond donors (Lipinski definition) is 1. The minimum Gasteiger partial charge on any atom is -0.350 e. The van der Waals surface area contributed by atoms with Gasteiger partial charge in [0.2, 0.25) is 5.91 Å². The van der Waals surface area contributed by atoms with E-state index in [4.69, 9.17) is 0 Å². The number of aliphatic imine (C=N–C) groups is 1. The fourth-order valence-corrected chi connectivity index (χ4v) is 3.50. The van der Waals surface area contributed by atoms with Crippen molar-refractivity contribution in [1.29, 1.82) is 0 Å². The molecule has 2 unspecified atom stereocenters. The zero-order valence-electron chi connectivity index (χ0n) is 17.5. The van der Waals surface area contributed by atoms with Crippen molar-refractivity contribution in [2.75, 3.05) is 47.3 Å². The maximum absolute atomic E-state index is 12.0. The Bertz CT molecular complexity index is 616. The van der Waals surface area contributed by atoms with Gasteiger partial charge in [-0.05, 0) is 38.4 Å². The number of carbonyl (C=O) groups is 1. The van der Waals surface area contributed by atoms with Crippen molar-refractivity contribution >= 4 is 11.9 Å². The molecular formula is C21H35N5O. The Hall–Kier alpha value is -2.08. The molecule has 27 heavy (non-hydrogen) atoms. The second kappa shape index (κ2) is 10.3. The first-order valence-corrected chi connectivity index (χ1v) is 9.93. The summed E-state index contributed by atoms with van der Waals surface area (Å²) in [4.78, 5) is 22.9. The molecule has 1 amide bonds. The van der Waals surface area contributed by atoms with Crippen molar-refractivity contribution in [2.24, 2.45) is 4.99 Å². The monoisotopic (exact) mass is 373 g/mol. The molecule has 0 aliphatic carbocycles. The molecule has 6 nitrogen and oxygen atoms in total. The Labute approximate surface area is 164 Å². The molecule has 2 atom stereocenters. The first kappa shape index (κ1) is 21.2. The number of rotatable bonds is 7. The molecule has 1 aromatic rings. The molecule has 0 spiro atoms. The molecule has 150 valence electrons. The third-order valence-electron chi connectivity index (χ3n) is 5.26. The summed E-state index contributed by atoms with van der Waals surface area (Å²) >= 11 is 0. The summed E-state index contributed by atoms with van der Waals surface area (Å²) in [5, 5.41) is 3.52. The van der Waals surface area contributed by atoms with Crippen LogP contribution in [-0.4, -0.2) is 79.9 Å². The van der Waals surface area contributed by atoms with Crippen LogP contribution in [0.3, 0.4) is 0 Å². The minimum atomic E-state index is 0.00566. The van der Waals surface area contributed by atoms with Crippen LogP contribution in [-0.2, 0) is 4.79 Å². The molecule has 1 N–H and O–H groups in total. The molecule has 1 heterocycles. The third-order valence-corrected chi connectivity index (χ3v) is 5.26. The molecule has 0 saturated carbocycles. The zero-order valence-corrected chi connectivity index (χ0v) is 17.5. The summed E-state index contributed by atoms with van der Waals surface area (Å²) < 4.78 is 0. The smallest absolute Gasteiger partial charge is 0.243 e. The Morgan fingerprint density at radius 3 is 2.63 bits per heavy atom.